The zero-order valence-electron chi connectivity index (χ0n) is 12.8. The second kappa shape index (κ2) is 7.38. The van der Waals surface area contributed by atoms with Crippen LogP contribution >= 0.6 is 0 Å². The molecule has 2 fully saturated rings. The van der Waals surface area contributed by atoms with E-state index in [4.69, 9.17) is 9.84 Å². The number of likely N-dealkylation sites (tertiary alicyclic amines) is 1. The largest absolute Gasteiger partial charge is 0.481 e. The van der Waals surface area contributed by atoms with Crippen molar-refractivity contribution in [3.05, 3.63) is 0 Å². The SMILES string of the molecule is CC(C)CN1CCOC(CN2CCCC(C(=O)O)C2)C1. The molecule has 20 heavy (non-hydrogen) atoms. The number of carboxylic acid groups (broad SMARTS) is 1. The molecule has 5 heteroatoms. The summed E-state index contributed by atoms with van der Waals surface area (Å²) in [7, 11) is 0. The standard InChI is InChI=1S/C15H28N2O3/c1-12(2)8-17-6-7-20-14(11-17)10-16-5-3-4-13(9-16)15(18)19/h12-14H,3-11H2,1-2H3,(H,18,19). The summed E-state index contributed by atoms with van der Waals surface area (Å²) in [5.41, 5.74) is 0. The molecule has 0 aromatic carbocycles. The van der Waals surface area contributed by atoms with Crippen molar-refractivity contribution in [2.45, 2.75) is 32.8 Å². The third-order valence-corrected chi connectivity index (χ3v) is 4.16. The third kappa shape index (κ3) is 4.72. The molecule has 2 aliphatic rings. The van der Waals surface area contributed by atoms with Gasteiger partial charge in [-0.3, -0.25) is 14.6 Å². The fraction of sp³-hybridized carbons (Fsp3) is 0.933. The number of nitrogens with zero attached hydrogens (tertiary/aromatic N) is 2. The fourth-order valence-electron chi connectivity index (χ4n) is 3.28. The van der Waals surface area contributed by atoms with Gasteiger partial charge in [-0.15, -0.1) is 0 Å². The maximum atomic E-state index is 11.1. The average Bonchev–Trinajstić information content (AvgIpc) is 2.38. The lowest BCUT2D eigenvalue weighted by Crippen LogP contribution is -2.50. The van der Waals surface area contributed by atoms with Crippen LogP contribution in [0.25, 0.3) is 0 Å². The van der Waals surface area contributed by atoms with Gasteiger partial charge in [0.1, 0.15) is 0 Å². The molecule has 116 valence electrons. The maximum absolute atomic E-state index is 11.1. The molecule has 0 amide bonds. The monoisotopic (exact) mass is 284 g/mol. The van der Waals surface area contributed by atoms with Crippen LogP contribution in [0.15, 0.2) is 0 Å². The lowest BCUT2D eigenvalue weighted by Gasteiger charge is -2.38. The Bertz CT molecular complexity index is 322. The minimum Gasteiger partial charge on any atom is -0.481 e. The summed E-state index contributed by atoms with van der Waals surface area (Å²) in [4.78, 5) is 15.8. The average molecular weight is 284 g/mol. The molecular formula is C15H28N2O3. The lowest BCUT2D eigenvalue weighted by molar-refractivity contribution is -0.144. The number of carboxylic acids is 1. The molecule has 5 nitrogen and oxygen atoms in total. The Morgan fingerprint density at radius 1 is 1.30 bits per heavy atom. The van der Waals surface area contributed by atoms with Gasteiger partial charge in [-0.2, -0.15) is 0 Å². The summed E-state index contributed by atoms with van der Waals surface area (Å²) in [6.07, 6.45) is 2.03. The molecular weight excluding hydrogens is 256 g/mol. The molecule has 0 aromatic rings. The first kappa shape index (κ1) is 15.7. The molecule has 0 radical (unpaired) electrons. The van der Waals surface area contributed by atoms with Crippen LogP contribution in [0.3, 0.4) is 0 Å². The summed E-state index contributed by atoms with van der Waals surface area (Å²) in [5, 5.41) is 9.14. The normalized spacial score (nSPS) is 29.8. The number of hydrogen-bond donors (Lipinski definition) is 1. The predicted molar refractivity (Wildman–Crippen MR) is 77.8 cm³/mol. The lowest BCUT2D eigenvalue weighted by atomic mass is 9.98. The van der Waals surface area contributed by atoms with E-state index < -0.39 is 5.97 Å². The van der Waals surface area contributed by atoms with Gasteiger partial charge in [-0.05, 0) is 25.3 Å². The number of aliphatic carboxylic acids is 1. The molecule has 0 aliphatic carbocycles. The highest BCUT2D eigenvalue weighted by Crippen LogP contribution is 2.18. The molecule has 2 rings (SSSR count). The van der Waals surface area contributed by atoms with Crippen molar-refractivity contribution < 1.29 is 14.6 Å². The Kier molecular flexibility index (Phi) is 5.81. The molecule has 2 heterocycles. The minimum absolute atomic E-state index is 0.195. The highest BCUT2D eigenvalue weighted by atomic mass is 16.5. The van der Waals surface area contributed by atoms with Gasteiger partial charge in [0, 0.05) is 32.7 Å². The van der Waals surface area contributed by atoms with E-state index >= 15 is 0 Å². The van der Waals surface area contributed by atoms with E-state index in [9.17, 15) is 4.79 Å². The van der Waals surface area contributed by atoms with Crippen LogP contribution in [0, 0.1) is 11.8 Å². The summed E-state index contributed by atoms with van der Waals surface area (Å²) in [6, 6.07) is 0. The van der Waals surface area contributed by atoms with E-state index in [1.54, 1.807) is 0 Å². The zero-order valence-corrected chi connectivity index (χ0v) is 12.8. The number of carbonyl (C=O) groups is 1. The van der Waals surface area contributed by atoms with Crippen LogP contribution in [0.4, 0.5) is 0 Å². The second-order valence-electron chi connectivity index (χ2n) is 6.58. The first-order valence-corrected chi connectivity index (χ1v) is 7.83. The van der Waals surface area contributed by atoms with Gasteiger partial charge in [-0.1, -0.05) is 13.8 Å². The Morgan fingerprint density at radius 2 is 2.10 bits per heavy atom. The predicted octanol–water partition coefficient (Wildman–Crippen LogP) is 1.14. The summed E-state index contributed by atoms with van der Waals surface area (Å²) >= 11 is 0. The van der Waals surface area contributed by atoms with Crippen molar-refractivity contribution in [3.63, 3.8) is 0 Å². The van der Waals surface area contributed by atoms with Crippen LogP contribution in [0.2, 0.25) is 0 Å². The highest BCUT2D eigenvalue weighted by Gasteiger charge is 2.28. The van der Waals surface area contributed by atoms with Gasteiger partial charge in [0.2, 0.25) is 0 Å². The van der Waals surface area contributed by atoms with Crippen LogP contribution in [-0.2, 0) is 9.53 Å². The van der Waals surface area contributed by atoms with Crippen molar-refractivity contribution in [2.75, 3.05) is 45.9 Å². The minimum atomic E-state index is -0.652. The van der Waals surface area contributed by atoms with Crippen molar-refractivity contribution in [3.8, 4) is 0 Å². The third-order valence-electron chi connectivity index (χ3n) is 4.16. The first-order chi connectivity index (χ1) is 9.54. The Labute approximate surface area is 121 Å². The van der Waals surface area contributed by atoms with Gasteiger partial charge in [0.15, 0.2) is 0 Å². The number of piperidine rings is 1. The quantitative estimate of drug-likeness (QED) is 0.820. The van der Waals surface area contributed by atoms with Crippen LogP contribution in [0.5, 0.6) is 0 Å². The Hall–Kier alpha value is -0.650. The molecule has 2 unspecified atom stereocenters. The van der Waals surface area contributed by atoms with E-state index in [0.29, 0.717) is 12.5 Å². The highest BCUT2D eigenvalue weighted by molar-refractivity contribution is 5.70. The molecule has 2 atom stereocenters. The van der Waals surface area contributed by atoms with E-state index in [2.05, 4.69) is 23.6 Å². The molecule has 2 saturated heterocycles. The van der Waals surface area contributed by atoms with Crippen molar-refractivity contribution >= 4 is 5.97 Å². The van der Waals surface area contributed by atoms with Gasteiger partial charge in [0.05, 0.1) is 18.6 Å². The number of ether oxygens (including phenoxy) is 1. The van der Waals surface area contributed by atoms with Gasteiger partial charge >= 0.3 is 5.97 Å². The summed E-state index contributed by atoms with van der Waals surface area (Å²) < 4.78 is 5.86. The van der Waals surface area contributed by atoms with Gasteiger partial charge in [-0.25, -0.2) is 0 Å². The van der Waals surface area contributed by atoms with Crippen LogP contribution < -0.4 is 0 Å². The van der Waals surface area contributed by atoms with Gasteiger partial charge < -0.3 is 9.84 Å². The van der Waals surface area contributed by atoms with Crippen molar-refractivity contribution in [2.24, 2.45) is 11.8 Å². The van der Waals surface area contributed by atoms with Crippen molar-refractivity contribution in [1.82, 2.24) is 9.80 Å². The smallest absolute Gasteiger partial charge is 0.307 e. The molecule has 1 N–H and O–H groups in total. The summed E-state index contributed by atoms with van der Waals surface area (Å²) in [6.45, 7) is 11.0. The molecule has 2 aliphatic heterocycles. The van der Waals surface area contributed by atoms with E-state index in [-0.39, 0.29) is 12.0 Å². The first-order valence-electron chi connectivity index (χ1n) is 7.83. The van der Waals surface area contributed by atoms with E-state index in [1.807, 2.05) is 0 Å². The number of rotatable bonds is 5. The number of morpholine rings is 1. The van der Waals surface area contributed by atoms with Crippen molar-refractivity contribution in [1.29, 1.82) is 0 Å². The zero-order chi connectivity index (χ0) is 14.5. The van der Waals surface area contributed by atoms with Crippen LogP contribution in [0.1, 0.15) is 26.7 Å². The van der Waals surface area contributed by atoms with Gasteiger partial charge in [0.25, 0.3) is 0 Å². The molecule has 0 saturated carbocycles. The molecule has 0 bridgehead atoms. The maximum Gasteiger partial charge on any atom is 0.307 e. The fourth-order valence-corrected chi connectivity index (χ4v) is 3.28. The molecule has 0 aromatic heterocycles. The van der Waals surface area contributed by atoms with Crippen LogP contribution in [-0.4, -0.2) is 72.9 Å². The summed E-state index contributed by atoms with van der Waals surface area (Å²) in [5.74, 6) is -0.167. The number of hydrogen-bond acceptors (Lipinski definition) is 4. The Balaban J connectivity index is 1.78. The molecule has 0 spiro atoms. The second-order valence-corrected chi connectivity index (χ2v) is 6.58. The topological polar surface area (TPSA) is 53.0 Å². The van der Waals surface area contributed by atoms with E-state index in [1.165, 1.54) is 0 Å². The Morgan fingerprint density at radius 3 is 2.80 bits per heavy atom. The van der Waals surface area contributed by atoms with E-state index in [0.717, 1.165) is 52.2 Å².